The second kappa shape index (κ2) is 6.47. The first-order valence-electron chi connectivity index (χ1n) is 4.84. The van der Waals surface area contributed by atoms with Crippen molar-refractivity contribution in [1.29, 1.82) is 0 Å². The zero-order valence-corrected chi connectivity index (χ0v) is 10.7. The molecule has 0 unspecified atom stereocenters. The van der Waals surface area contributed by atoms with E-state index in [1.807, 2.05) is 18.2 Å². The second-order valence-electron chi connectivity index (χ2n) is 3.25. The number of hydrogen-bond donors (Lipinski definition) is 1. The normalized spacial score (nSPS) is 9.81. The van der Waals surface area contributed by atoms with E-state index >= 15 is 0 Å². The lowest BCUT2D eigenvalue weighted by Gasteiger charge is -2.07. The standard InChI is InChI=1S/C11H12INO3/c12-8-4-1-2-5-9(8)13-10(14)6-3-7-11(15)16/h1-2,4-5H,3,6-7H2,(H,13,14)(H,15,16)/p-1. The van der Waals surface area contributed by atoms with Crippen molar-refractivity contribution in [1.82, 2.24) is 0 Å². The Morgan fingerprint density at radius 1 is 1.25 bits per heavy atom. The molecule has 0 aromatic heterocycles. The first-order chi connectivity index (χ1) is 7.59. The molecule has 0 aliphatic heterocycles. The number of carboxylic acid groups (broad SMARTS) is 1. The maximum Gasteiger partial charge on any atom is 0.224 e. The first-order valence-corrected chi connectivity index (χ1v) is 5.91. The van der Waals surface area contributed by atoms with E-state index < -0.39 is 5.97 Å². The van der Waals surface area contributed by atoms with Crippen LogP contribution in [-0.2, 0) is 9.59 Å². The fourth-order valence-electron chi connectivity index (χ4n) is 1.17. The SMILES string of the molecule is O=C([O-])CCCC(=O)Nc1ccccc1I. The summed E-state index contributed by atoms with van der Waals surface area (Å²) in [6, 6.07) is 7.40. The third-order valence-electron chi connectivity index (χ3n) is 1.93. The van der Waals surface area contributed by atoms with E-state index in [-0.39, 0.29) is 18.7 Å². The number of para-hydroxylation sites is 1. The van der Waals surface area contributed by atoms with E-state index in [1.54, 1.807) is 6.07 Å². The van der Waals surface area contributed by atoms with Gasteiger partial charge < -0.3 is 15.2 Å². The Morgan fingerprint density at radius 2 is 1.94 bits per heavy atom. The van der Waals surface area contributed by atoms with E-state index in [4.69, 9.17) is 0 Å². The summed E-state index contributed by atoms with van der Waals surface area (Å²) >= 11 is 2.12. The molecule has 0 saturated carbocycles. The molecule has 0 radical (unpaired) electrons. The smallest absolute Gasteiger partial charge is 0.224 e. The number of amides is 1. The van der Waals surface area contributed by atoms with Gasteiger partial charge in [0.15, 0.2) is 0 Å². The van der Waals surface area contributed by atoms with Gasteiger partial charge >= 0.3 is 0 Å². The minimum atomic E-state index is -1.12. The molecule has 0 heterocycles. The van der Waals surface area contributed by atoms with Crippen molar-refractivity contribution in [3.8, 4) is 0 Å². The van der Waals surface area contributed by atoms with Gasteiger partial charge in [0.1, 0.15) is 0 Å². The summed E-state index contributed by atoms with van der Waals surface area (Å²) in [5.74, 6) is -1.30. The van der Waals surface area contributed by atoms with Gasteiger partial charge in [-0.25, -0.2) is 0 Å². The number of nitrogens with one attached hydrogen (secondary N) is 1. The highest BCUT2D eigenvalue weighted by atomic mass is 127. The van der Waals surface area contributed by atoms with Gasteiger partial charge in [-0.3, -0.25) is 4.79 Å². The molecule has 1 aromatic carbocycles. The number of aliphatic carboxylic acids is 1. The van der Waals surface area contributed by atoms with Gasteiger partial charge in [0.2, 0.25) is 5.91 Å². The average Bonchev–Trinajstić information content (AvgIpc) is 2.21. The van der Waals surface area contributed by atoms with Crippen molar-refractivity contribution in [3.05, 3.63) is 27.8 Å². The maximum atomic E-state index is 11.4. The topological polar surface area (TPSA) is 69.2 Å². The number of hydrogen-bond acceptors (Lipinski definition) is 3. The zero-order valence-electron chi connectivity index (χ0n) is 8.53. The van der Waals surface area contributed by atoms with Crippen LogP contribution in [0.4, 0.5) is 5.69 Å². The highest BCUT2D eigenvalue weighted by Crippen LogP contribution is 2.17. The lowest BCUT2D eigenvalue weighted by Crippen LogP contribution is -2.22. The van der Waals surface area contributed by atoms with Gasteiger partial charge in [-0.05, 0) is 47.6 Å². The maximum absolute atomic E-state index is 11.4. The summed E-state index contributed by atoms with van der Waals surface area (Å²) in [5, 5.41) is 12.9. The molecule has 1 amide bonds. The Hall–Kier alpha value is -1.11. The molecule has 16 heavy (non-hydrogen) atoms. The van der Waals surface area contributed by atoms with Crippen molar-refractivity contribution in [3.63, 3.8) is 0 Å². The molecule has 1 rings (SSSR count). The van der Waals surface area contributed by atoms with Gasteiger partial charge in [0.05, 0.1) is 5.69 Å². The van der Waals surface area contributed by atoms with Gasteiger partial charge in [-0.1, -0.05) is 12.1 Å². The third-order valence-corrected chi connectivity index (χ3v) is 2.87. The van der Waals surface area contributed by atoms with Crippen LogP contribution in [0.1, 0.15) is 19.3 Å². The van der Waals surface area contributed by atoms with Crippen LogP contribution in [0.2, 0.25) is 0 Å². The molecule has 0 bridgehead atoms. The van der Waals surface area contributed by atoms with Crippen molar-refractivity contribution >= 4 is 40.2 Å². The Morgan fingerprint density at radius 3 is 2.56 bits per heavy atom. The molecule has 0 fully saturated rings. The van der Waals surface area contributed by atoms with E-state index in [2.05, 4.69) is 27.9 Å². The highest BCUT2D eigenvalue weighted by molar-refractivity contribution is 14.1. The number of rotatable bonds is 5. The molecule has 4 nitrogen and oxygen atoms in total. The van der Waals surface area contributed by atoms with Crippen LogP contribution >= 0.6 is 22.6 Å². The van der Waals surface area contributed by atoms with Crippen molar-refractivity contribution in [2.24, 2.45) is 0 Å². The predicted octanol–water partition coefficient (Wildman–Crippen LogP) is 1.15. The molecule has 0 atom stereocenters. The summed E-state index contributed by atoms with van der Waals surface area (Å²) in [6.07, 6.45) is 0.413. The van der Waals surface area contributed by atoms with Crippen LogP contribution in [0.3, 0.4) is 0 Å². The van der Waals surface area contributed by atoms with Crippen molar-refractivity contribution in [2.45, 2.75) is 19.3 Å². The van der Waals surface area contributed by atoms with Crippen LogP contribution in [-0.4, -0.2) is 11.9 Å². The lowest BCUT2D eigenvalue weighted by molar-refractivity contribution is -0.305. The van der Waals surface area contributed by atoms with E-state index in [0.29, 0.717) is 6.42 Å². The molecule has 0 aliphatic rings. The summed E-state index contributed by atoms with van der Waals surface area (Å²) in [5.41, 5.74) is 0.751. The Labute approximate surface area is 107 Å². The summed E-state index contributed by atoms with van der Waals surface area (Å²) in [6.45, 7) is 0. The van der Waals surface area contributed by atoms with Crippen LogP contribution in [0.25, 0.3) is 0 Å². The van der Waals surface area contributed by atoms with Gasteiger partial charge in [0.25, 0.3) is 0 Å². The van der Waals surface area contributed by atoms with Gasteiger partial charge in [-0.2, -0.15) is 0 Å². The number of benzene rings is 1. The van der Waals surface area contributed by atoms with Gasteiger partial charge in [0, 0.05) is 16.0 Å². The minimum absolute atomic E-state index is 0.0840. The monoisotopic (exact) mass is 332 g/mol. The summed E-state index contributed by atoms with van der Waals surface area (Å²) in [7, 11) is 0. The molecule has 0 aliphatic carbocycles. The van der Waals surface area contributed by atoms with Crippen LogP contribution in [0.15, 0.2) is 24.3 Å². The average molecular weight is 332 g/mol. The molecule has 5 heteroatoms. The molecular formula is C11H11INO3-. The van der Waals surface area contributed by atoms with Crippen LogP contribution in [0, 0.1) is 3.57 Å². The molecule has 0 spiro atoms. The molecule has 86 valence electrons. The molecular weight excluding hydrogens is 321 g/mol. The Balaban J connectivity index is 2.40. The fourth-order valence-corrected chi connectivity index (χ4v) is 1.69. The summed E-state index contributed by atoms with van der Waals surface area (Å²) in [4.78, 5) is 21.6. The quantitative estimate of drug-likeness (QED) is 0.823. The fraction of sp³-hybridized carbons (Fsp3) is 0.273. The number of anilines is 1. The molecule has 0 saturated heterocycles. The number of carbonyl (C=O) groups excluding carboxylic acids is 2. The molecule has 1 N–H and O–H groups in total. The zero-order chi connectivity index (χ0) is 12.0. The largest absolute Gasteiger partial charge is 0.550 e. The third kappa shape index (κ3) is 4.61. The highest BCUT2D eigenvalue weighted by Gasteiger charge is 2.04. The van der Waals surface area contributed by atoms with E-state index in [9.17, 15) is 14.7 Å². The summed E-state index contributed by atoms with van der Waals surface area (Å²) < 4.78 is 0.952. The second-order valence-corrected chi connectivity index (χ2v) is 4.42. The van der Waals surface area contributed by atoms with Crippen LogP contribution < -0.4 is 10.4 Å². The van der Waals surface area contributed by atoms with E-state index in [1.165, 1.54) is 0 Å². The number of halogens is 1. The first kappa shape index (κ1) is 13.0. The Kier molecular flexibility index (Phi) is 5.24. The number of carboxylic acids is 1. The Bertz CT molecular complexity index is 393. The minimum Gasteiger partial charge on any atom is -0.550 e. The predicted molar refractivity (Wildman–Crippen MR) is 66.6 cm³/mol. The van der Waals surface area contributed by atoms with Crippen molar-refractivity contribution in [2.75, 3.05) is 5.32 Å². The number of carbonyl (C=O) groups is 2. The lowest BCUT2D eigenvalue weighted by atomic mass is 10.2. The van der Waals surface area contributed by atoms with E-state index in [0.717, 1.165) is 9.26 Å². The van der Waals surface area contributed by atoms with Crippen molar-refractivity contribution < 1.29 is 14.7 Å². The van der Waals surface area contributed by atoms with Crippen LogP contribution in [0.5, 0.6) is 0 Å². The van der Waals surface area contributed by atoms with Gasteiger partial charge in [-0.15, -0.1) is 0 Å². The molecule has 1 aromatic rings.